The summed E-state index contributed by atoms with van der Waals surface area (Å²) in [4.78, 5) is 19.0. The Morgan fingerprint density at radius 2 is 1.21 bits per heavy atom. The molecule has 1 aromatic heterocycles. The van der Waals surface area contributed by atoms with Gasteiger partial charge in [-0.3, -0.25) is 9.69 Å². The van der Waals surface area contributed by atoms with Crippen molar-refractivity contribution in [3.63, 3.8) is 0 Å². The molecule has 7 aromatic rings. The summed E-state index contributed by atoms with van der Waals surface area (Å²) in [7, 11) is 0. The number of ether oxygens (including phenoxy) is 1. The van der Waals surface area contributed by atoms with Gasteiger partial charge in [-0.1, -0.05) is 121 Å². The first-order valence-corrected chi connectivity index (χ1v) is 18.4. The van der Waals surface area contributed by atoms with Crippen LogP contribution in [0.5, 0.6) is 11.5 Å². The Labute approximate surface area is 310 Å². The van der Waals surface area contributed by atoms with Gasteiger partial charge in [-0.15, -0.1) is 0 Å². The van der Waals surface area contributed by atoms with E-state index >= 15 is 0 Å². The van der Waals surface area contributed by atoms with Crippen molar-refractivity contribution in [3.8, 4) is 11.5 Å². The number of piperazine rings is 1. The van der Waals surface area contributed by atoms with E-state index in [0.29, 0.717) is 26.1 Å². The fraction of sp³-hybridized carbons (Fsp3) is 0.170. The van der Waals surface area contributed by atoms with Gasteiger partial charge in [0.2, 0.25) is 5.91 Å². The van der Waals surface area contributed by atoms with Gasteiger partial charge in [0.15, 0.2) is 0 Å². The Kier molecular flexibility index (Phi) is 10.1. The lowest BCUT2D eigenvalue weighted by molar-refractivity contribution is -0.133. The second kappa shape index (κ2) is 15.7. The van der Waals surface area contributed by atoms with Crippen molar-refractivity contribution >= 4 is 16.8 Å². The molecular weight excluding hydrogens is 658 g/mol. The number of carbonyl (C=O) groups excluding carboxylic acids is 1. The first-order valence-electron chi connectivity index (χ1n) is 18.4. The fourth-order valence-corrected chi connectivity index (χ4v) is 7.71. The number of aromatic nitrogens is 1. The highest BCUT2D eigenvalue weighted by molar-refractivity contribution is 5.87. The Morgan fingerprint density at radius 3 is 1.89 bits per heavy atom. The van der Waals surface area contributed by atoms with E-state index in [-0.39, 0.29) is 23.7 Å². The Balaban J connectivity index is 1.09. The Hall–Kier alpha value is -5.98. The molecule has 0 spiro atoms. The summed E-state index contributed by atoms with van der Waals surface area (Å²) in [5.41, 5.74) is 6.69. The first kappa shape index (κ1) is 34.1. The average Bonchev–Trinajstić information content (AvgIpc) is 3.57. The lowest BCUT2D eigenvalue weighted by atomic mass is 9.87. The van der Waals surface area contributed by atoms with Gasteiger partial charge in [0.05, 0.1) is 6.04 Å². The van der Waals surface area contributed by atoms with Gasteiger partial charge in [0.1, 0.15) is 17.3 Å². The predicted octanol–water partition coefficient (Wildman–Crippen LogP) is 10.1. The number of carbonyl (C=O) groups is 1. The molecule has 1 saturated heterocycles. The molecule has 1 atom stereocenters. The number of benzene rings is 6. The van der Waals surface area contributed by atoms with Crippen molar-refractivity contribution in [1.82, 2.24) is 14.4 Å². The summed E-state index contributed by atoms with van der Waals surface area (Å²) >= 11 is 0. The van der Waals surface area contributed by atoms with Gasteiger partial charge < -0.3 is 14.2 Å². The van der Waals surface area contributed by atoms with Crippen LogP contribution in [0, 0.1) is 5.82 Å². The number of fused-ring (bicyclic) bond motifs is 1. The fourth-order valence-electron chi connectivity index (χ4n) is 7.71. The van der Waals surface area contributed by atoms with Crippen LogP contribution in [0.1, 0.15) is 46.2 Å². The van der Waals surface area contributed by atoms with Gasteiger partial charge in [-0.2, -0.15) is 0 Å². The van der Waals surface area contributed by atoms with E-state index in [9.17, 15) is 9.18 Å². The molecule has 0 aliphatic carbocycles. The molecule has 6 aromatic carbocycles. The Bertz CT molecular complexity index is 2230. The average molecular weight is 700 g/mol. The van der Waals surface area contributed by atoms with Gasteiger partial charge in [-0.25, -0.2) is 4.39 Å². The molecule has 1 amide bonds. The van der Waals surface area contributed by atoms with Crippen LogP contribution in [0.3, 0.4) is 0 Å². The molecule has 5 nitrogen and oxygen atoms in total. The molecule has 6 heteroatoms. The minimum atomic E-state index is -0.250. The second-order valence-electron chi connectivity index (χ2n) is 13.7. The highest BCUT2D eigenvalue weighted by Crippen LogP contribution is 2.38. The third-order valence-electron chi connectivity index (χ3n) is 10.3. The minimum Gasteiger partial charge on any atom is -0.457 e. The molecule has 1 aliphatic rings. The highest BCUT2D eigenvalue weighted by Gasteiger charge is 2.31. The van der Waals surface area contributed by atoms with Crippen molar-refractivity contribution in [2.24, 2.45) is 0 Å². The lowest BCUT2D eigenvalue weighted by Crippen LogP contribution is -2.50. The largest absolute Gasteiger partial charge is 0.457 e. The van der Waals surface area contributed by atoms with Crippen molar-refractivity contribution in [2.45, 2.75) is 24.9 Å². The van der Waals surface area contributed by atoms with E-state index in [4.69, 9.17) is 4.74 Å². The number of nitrogens with zero attached hydrogens (tertiary/aromatic N) is 3. The molecule has 1 aliphatic heterocycles. The summed E-state index contributed by atoms with van der Waals surface area (Å²) in [5, 5.41) is 1.10. The molecule has 1 fully saturated rings. The van der Waals surface area contributed by atoms with Crippen LogP contribution in [0.25, 0.3) is 10.9 Å². The topological polar surface area (TPSA) is 37.7 Å². The molecule has 0 bridgehead atoms. The highest BCUT2D eigenvalue weighted by atomic mass is 19.1. The van der Waals surface area contributed by atoms with Crippen LogP contribution < -0.4 is 4.74 Å². The molecule has 264 valence electrons. The van der Waals surface area contributed by atoms with E-state index in [0.717, 1.165) is 52.2 Å². The molecule has 2 heterocycles. The standard InChI is InChI=1S/C47H42FN3O2/c48-39-25-23-35(24-26-39)33-51-34-44(42-21-10-11-22-45(42)51)43(38-17-12-20-41(31-38)53-40-18-8-3-9-19-40)32-46(52)49-27-29-50(30-28-49)47(36-13-4-1-5-14-36)37-15-6-2-7-16-37/h1-26,31,34,43,47H,27-30,32-33H2. The quantitative estimate of drug-likeness (QED) is 0.135. The zero-order valence-corrected chi connectivity index (χ0v) is 29.6. The van der Waals surface area contributed by atoms with Crippen LogP contribution in [-0.2, 0) is 11.3 Å². The summed E-state index contributed by atoms with van der Waals surface area (Å²) < 4.78 is 22.3. The number of rotatable bonds is 11. The number of hydrogen-bond acceptors (Lipinski definition) is 3. The minimum absolute atomic E-state index is 0.127. The van der Waals surface area contributed by atoms with Crippen LogP contribution in [-0.4, -0.2) is 46.5 Å². The first-order chi connectivity index (χ1) is 26.1. The molecular formula is C47H42FN3O2. The number of amides is 1. The summed E-state index contributed by atoms with van der Waals surface area (Å²) in [5.74, 6) is 1.15. The molecule has 1 unspecified atom stereocenters. The zero-order valence-electron chi connectivity index (χ0n) is 29.6. The Morgan fingerprint density at radius 1 is 0.623 bits per heavy atom. The van der Waals surface area contributed by atoms with Crippen molar-refractivity contribution in [2.75, 3.05) is 26.2 Å². The molecule has 53 heavy (non-hydrogen) atoms. The zero-order chi connectivity index (χ0) is 36.0. The number of para-hydroxylation sites is 2. The molecule has 0 saturated carbocycles. The maximum atomic E-state index is 14.4. The monoisotopic (exact) mass is 699 g/mol. The van der Waals surface area contributed by atoms with Crippen molar-refractivity contribution in [3.05, 3.63) is 204 Å². The van der Waals surface area contributed by atoms with Crippen LogP contribution >= 0.6 is 0 Å². The van der Waals surface area contributed by atoms with Crippen LogP contribution in [0.4, 0.5) is 4.39 Å². The summed E-state index contributed by atoms with van der Waals surface area (Å²) in [6.45, 7) is 3.46. The maximum absolute atomic E-state index is 14.4. The lowest BCUT2D eigenvalue weighted by Gasteiger charge is -2.40. The van der Waals surface area contributed by atoms with Crippen LogP contribution in [0.2, 0.25) is 0 Å². The normalized spacial score (nSPS) is 14.0. The van der Waals surface area contributed by atoms with E-state index in [1.54, 1.807) is 0 Å². The van der Waals surface area contributed by atoms with Gasteiger partial charge in [-0.05, 0) is 70.3 Å². The van der Waals surface area contributed by atoms with Gasteiger partial charge in [0, 0.05) is 62.2 Å². The second-order valence-corrected chi connectivity index (χ2v) is 13.7. The van der Waals surface area contributed by atoms with E-state index in [1.807, 2.05) is 65.6 Å². The maximum Gasteiger partial charge on any atom is 0.223 e. The van der Waals surface area contributed by atoms with Crippen molar-refractivity contribution in [1.29, 1.82) is 0 Å². The van der Waals surface area contributed by atoms with Gasteiger partial charge >= 0.3 is 0 Å². The van der Waals surface area contributed by atoms with Crippen LogP contribution in [0.15, 0.2) is 170 Å². The molecule has 0 radical (unpaired) electrons. The number of halogens is 1. The van der Waals surface area contributed by atoms with E-state index < -0.39 is 0 Å². The van der Waals surface area contributed by atoms with E-state index in [1.165, 1.54) is 23.3 Å². The molecule has 0 N–H and O–H groups in total. The molecule has 8 rings (SSSR count). The number of hydrogen-bond donors (Lipinski definition) is 0. The summed E-state index contributed by atoms with van der Waals surface area (Å²) in [6.07, 6.45) is 2.50. The summed E-state index contributed by atoms with van der Waals surface area (Å²) in [6, 6.07) is 54.3. The van der Waals surface area contributed by atoms with Gasteiger partial charge in [0.25, 0.3) is 0 Å². The van der Waals surface area contributed by atoms with Crippen molar-refractivity contribution < 1.29 is 13.9 Å². The third kappa shape index (κ3) is 7.79. The van der Waals surface area contributed by atoms with E-state index in [2.05, 4.69) is 107 Å². The third-order valence-corrected chi connectivity index (χ3v) is 10.3. The predicted molar refractivity (Wildman–Crippen MR) is 210 cm³/mol. The smallest absolute Gasteiger partial charge is 0.223 e. The SMILES string of the molecule is O=C(CC(c1cccc(Oc2ccccc2)c1)c1cn(Cc2ccc(F)cc2)c2ccccc12)N1CCN(C(c2ccccc2)c2ccccc2)CC1.